The highest BCUT2D eigenvalue weighted by Crippen LogP contribution is 2.36. The molecular weight excluding hydrogens is 369 g/mol. The Labute approximate surface area is 124 Å². The fourth-order valence-electron chi connectivity index (χ4n) is 1.44. The van der Waals surface area contributed by atoms with Crippen molar-refractivity contribution >= 4 is 21.9 Å². The minimum Gasteiger partial charge on any atom is -0.461 e. The minimum absolute atomic E-state index is 0.119. The molecule has 0 aliphatic heterocycles. The highest BCUT2D eigenvalue weighted by atomic mass is 79.9. The lowest BCUT2D eigenvalue weighted by Gasteiger charge is -2.17. The van der Waals surface area contributed by atoms with Crippen LogP contribution in [0, 0.1) is 0 Å². The van der Waals surface area contributed by atoms with Crippen molar-refractivity contribution in [1.29, 1.82) is 0 Å². The first kappa shape index (κ1) is 17.6. The zero-order valence-corrected chi connectivity index (χ0v) is 12.1. The molecule has 0 saturated carbocycles. The van der Waals surface area contributed by atoms with Crippen molar-refractivity contribution in [2.24, 2.45) is 0 Å². The molecule has 0 fully saturated rings. The van der Waals surface area contributed by atoms with Crippen molar-refractivity contribution in [2.45, 2.75) is 25.0 Å². The molecule has 1 heterocycles. The molecule has 0 aliphatic rings. The Balaban J connectivity index is 3.47. The van der Waals surface area contributed by atoms with Gasteiger partial charge in [-0.2, -0.15) is 0 Å². The molecule has 0 aliphatic carbocycles. The molecule has 1 rings (SSSR count). The van der Waals surface area contributed by atoms with Crippen molar-refractivity contribution < 1.29 is 36.2 Å². The van der Waals surface area contributed by atoms with Gasteiger partial charge in [-0.15, -0.1) is 13.2 Å². The van der Waals surface area contributed by atoms with E-state index in [0.717, 1.165) is 0 Å². The second-order valence-corrected chi connectivity index (χ2v) is 4.13. The largest absolute Gasteiger partial charge is 0.573 e. The maximum absolute atomic E-state index is 12.8. The molecule has 0 radical (unpaired) electrons. The third-order valence-electron chi connectivity index (χ3n) is 2.23. The number of hydrogen-bond donors (Lipinski definition) is 0. The van der Waals surface area contributed by atoms with Gasteiger partial charge in [0, 0.05) is 22.7 Å². The van der Waals surface area contributed by atoms with E-state index in [4.69, 9.17) is 0 Å². The van der Waals surface area contributed by atoms with Crippen molar-refractivity contribution in [1.82, 2.24) is 4.98 Å². The van der Waals surface area contributed by atoms with E-state index in [-0.39, 0.29) is 11.9 Å². The highest BCUT2D eigenvalue weighted by molar-refractivity contribution is 9.08. The van der Waals surface area contributed by atoms with Gasteiger partial charge >= 0.3 is 12.3 Å². The van der Waals surface area contributed by atoms with Gasteiger partial charge in [-0.25, -0.2) is 18.6 Å². The molecule has 21 heavy (non-hydrogen) atoms. The van der Waals surface area contributed by atoms with Crippen molar-refractivity contribution in [2.75, 3.05) is 6.61 Å². The van der Waals surface area contributed by atoms with E-state index < -0.39 is 41.3 Å². The van der Waals surface area contributed by atoms with E-state index in [9.17, 15) is 26.7 Å². The van der Waals surface area contributed by atoms with Gasteiger partial charge in [-0.05, 0) is 6.92 Å². The van der Waals surface area contributed by atoms with E-state index in [1.54, 1.807) is 0 Å². The SMILES string of the molecule is CCOC(=O)c1ncc(C(F)F)c(CBr)c1OC(F)(F)F. The van der Waals surface area contributed by atoms with Crippen LogP contribution in [0.4, 0.5) is 22.0 Å². The monoisotopic (exact) mass is 377 g/mol. The van der Waals surface area contributed by atoms with Crippen LogP contribution in [0.3, 0.4) is 0 Å². The first-order valence-corrected chi connectivity index (χ1v) is 6.62. The zero-order chi connectivity index (χ0) is 16.2. The summed E-state index contributed by atoms with van der Waals surface area (Å²) in [6.45, 7) is 1.31. The Bertz CT molecular complexity index is 521. The number of halogens is 6. The number of pyridine rings is 1. The lowest BCUT2D eigenvalue weighted by molar-refractivity contribution is -0.275. The van der Waals surface area contributed by atoms with Crippen LogP contribution in [0.25, 0.3) is 0 Å². The summed E-state index contributed by atoms with van der Waals surface area (Å²) in [5, 5.41) is -0.382. The van der Waals surface area contributed by atoms with Gasteiger partial charge in [-0.1, -0.05) is 15.9 Å². The lowest BCUT2D eigenvalue weighted by Crippen LogP contribution is -2.22. The fourth-order valence-corrected chi connectivity index (χ4v) is 2.02. The summed E-state index contributed by atoms with van der Waals surface area (Å²) in [4.78, 5) is 14.9. The number of nitrogens with zero attached hydrogens (tertiary/aromatic N) is 1. The minimum atomic E-state index is -5.17. The second kappa shape index (κ2) is 7.01. The van der Waals surface area contributed by atoms with Gasteiger partial charge in [0.1, 0.15) is 0 Å². The van der Waals surface area contributed by atoms with Crippen LogP contribution in [0.5, 0.6) is 5.75 Å². The summed E-state index contributed by atoms with van der Waals surface area (Å²) in [6, 6.07) is 0. The molecule has 4 nitrogen and oxygen atoms in total. The standard InChI is InChI=1S/C11H9BrF5NO3/c1-2-20-10(19)7-8(21-11(15,16)17)5(3-12)6(4-18-7)9(13)14/h4,9H,2-3H2,1H3. The smallest absolute Gasteiger partial charge is 0.461 e. The van der Waals surface area contributed by atoms with Crippen molar-refractivity contribution in [3.8, 4) is 5.75 Å². The van der Waals surface area contributed by atoms with Crippen LogP contribution >= 0.6 is 15.9 Å². The maximum atomic E-state index is 12.8. The molecule has 0 saturated heterocycles. The molecule has 0 N–H and O–H groups in total. The van der Waals surface area contributed by atoms with Gasteiger partial charge in [-0.3, -0.25) is 0 Å². The van der Waals surface area contributed by atoms with Gasteiger partial charge in [0.25, 0.3) is 6.43 Å². The van der Waals surface area contributed by atoms with E-state index in [0.29, 0.717) is 6.20 Å². The zero-order valence-electron chi connectivity index (χ0n) is 10.5. The fraction of sp³-hybridized carbons (Fsp3) is 0.455. The molecule has 0 aromatic carbocycles. The normalized spacial score (nSPS) is 11.6. The molecule has 0 atom stereocenters. The van der Waals surface area contributed by atoms with Gasteiger partial charge in [0.2, 0.25) is 0 Å². The summed E-state index contributed by atoms with van der Waals surface area (Å²) in [6.07, 6.45) is -7.62. The Morgan fingerprint density at radius 1 is 1.43 bits per heavy atom. The number of carbonyl (C=O) groups is 1. The number of esters is 1. The first-order valence-electron chi connectivity index (χ1n) is 5.50. The van der Waals surface area contributed by atoms with Crippen molar-refractivity contribution in [3.63, 3.8) is 0 Å². The number of alkyl halides is 6. The molecular formula is C11H9BrF5NO3. The molecule has 0 amide bonds. The summed E-state index contributed by atoms with van der Waals surface area (Å²) in [5.74, 6) is -2.28. The number of carbonyl (C=O) groups excluding carboxylic acids is 1. The number of rotatable bonds is 5. The molecule has 0 spiro atoms. The lowest BCUT2D eigenvalue weighted by atomic mass is 10.1. The Morgan fingerprint density at radius 3 is 2.48 bits per heavy atom. The third kappa shape index (κ3) is 4.51. The molecule has 1 aromatic rings. The highest BCUT2D eigenvalue weighted by Gasteiger charge is 2.36. The number of hydrogen-bond acceptors (Lipinski definition) is 4. The molecule has 1 aromatic heterocycles. The van der Waals surface area contributed by atoms with Crippen LogP contribution in [0.15, 0.2) is 6.20 Å². The molecule has 10 heteroatoms. The first-order chi connectivity index (χ1) is 9.71. The maximum Gasteiger partial charge on any atom is 0.573 e. The van der Waals surface area contributed by atoms with E-state index in [1.165, 1.54) is 6.92 Å². The predicted octanol–water partition coefficient (Wildman–Crippen LogP) is 3.99. The average molecular weight is 378 g/mol. The van der Waals surface area contributed by atoms with E-state index >= 15 is 0 Å². The third-order valence-corrected chi connectivity index (χ3v) is 2.79. The topological polar surface area (TPSA) is 48.4 Å². The Morgan fingerprint density at radius 2 is 2.05 bits per heavy atom. The summed E-state index contributed by atoms with van der Waals surface area (Å²) >= 11 is 2.80. The molecule has 118 valence electrons. The number of aromatic nitrogens is 1. The van der Waals surface area contributed by atoms with Crippen LogP contribution in [0.1, 0.15) is 35.0 Å². The van der Waals surface area contributed by atoms with Crippen LogP contribution in [-0.2, 0) is 10.1 Å². The second-order valence-electron chi connectivity index (χ2n) is 3.57. The summed E-state index contributed by atoms with van der Waals surface area (Å²) in [7, 11) is 0. The number of ether oxygens (including phenoxy) is 2. The molecule has 0 bridgehead atoms. The molecule has 0 unspecified atom stereocenters. The van der Waals surface area contributed by atoms with Gasteiger partial charge < -0.3 is 9.47 Å². The average Bonchev–Trinajstić information content (AvgIpc) is 2.36. The van der Waals surface area contributed by atoms with E-state index in [1.807, 2.05) is 0 Å². The van der Waals surface area contributed by atoms with E-state index in [2.05, 4.69) is 30.4 Å². The van der Waals surface area contributed by atoms with Gasteiger partial charge in [0.05, 0.1) is 6.61 Å². The van der Waals surface area contributed by atoms with Crippen LogP contribution < -0.4 is 4.74 Å². The van der Waals surface area contributed by atoms with Gasteiger partial charge in [0.15, 0.2) is 11.4 Å². The summed E-state index contributed by atoms with van der Waals surface area (Å²) < 4.78 is 71.1. The van der Waals surface area contributed by atoms with Crippen LogP contribution in [-0.4, -0.2) is 23.9 Å². The quantitative estimate of drug-likeness (QED) is 0.442. The Hall–Kier alpha value is -1.45. The van der Waals surface area contributed by atoms with Crippen LogP contribution in [0.2, 0.25) is 0 Å². The summed E-state index contributed by atoms with van der Waals surface area (Å²) in [5.41, 5.74) is -2.09. The van der Waals surface area contributed by atoms with Crippen molar-refractivity contribution in [3.05, 3.63) is 23.0 Å². The predicted molar refractivity (Wildman–Crippen MR) is 64.5 cm³/mol. The Kier molecular flexibility index (Phi) is 5.87.